The van der Waals surface area contributed by atoms with E-state index in [1.165, 1.54) is 0 Å². The summed E-state index contributed by atoms with van der Waals surface area (Å²) in [6.45, 7) is 6.48. The van der Waals surface area contributed by atoms with Gasteiger partial charge < -0.3 is 19.5 Å². The van der Waals surface area contributed by atoms with Crippen molar-refractivity contribution in [2.45, 2.75) is 13.2 Å². The molecule has 1 aliphatic rings. The lowest BCUT2D eigenvalue weighted by Crippen LogP contribution is -2.40. The highest BCUT2D eigenvalue weighted by Gasteiger charge is 2.14. The predicted octanol–water partition coefficient (Wildman–Crippen LogP) is 4.00. The Morgan fingerprint density at radius 1 is 1.07 bits per heavy atom. The molecule has 1 fully saturated rings. The number of morpholine rings is 1. The Morgan fingerprint density at radius 2 is 1.79 bits per heavy atom. The molecule has 0 radical (unpaired) electrons. The van der Waals surface area contributed by atoms with Crippen LogP contribution in [0.3, 0.4) is 0 Å². The van der Waals surface area contributed by atoms with Gasteiger partial charge in [-0.2, -0.15) is 0 Å². The summed E-state index contributed by atoms with van der Waals surface area (Å²) in [6.07, 6.45) is 0. The number of halogens is 2. The number of hydrogen-bond donors (Lipinski definition) is 1. The molecule has 2 aromatic rings. The van der Waals surface area contributed by atoms with E-state index in [-0.39, 0.29) is 6.61 Å². The molecular formula is C21H26Cl2N2O3. The average molecular weight is 425 g/mol. The van der Waals surface area contributed by atoms with Gasteiger partial charge in [-0.05, 0) is 18.2 Å². The second-order valence-electron chi connectivity index (χ2n) is 6.57. The number of nitrogens with one attached hydrogen (secondary N) is 1. The van der Waals surface area contributed by atoms with Crippen LogP contribution in [-0.4, -0.2) is 51.4 Å². The molecule has 0 atom stereocenters. The van der Waals surface area contributed by atoms with E-state index in [2.05, 4.69) is 10.2 Å². The highest BCUT2D eigenvalue weighted by molar-refractivity contribution is 6.35. The van der Waals surface area contributed by atoms with Crippen molar-refractivity contribution in [3.63, 3.8) is 0 Å². The zero-order chi connectivity index (χ0) is 19.8. The van der Waals surface area contributed by atoms with E-state index in [1.54, 1.807) is 7.11 Å². The standard InChI is InChI=1S/C21H26Cl2N2O3/c1-26-20-7-2-4-16(14-24-8-9-25-10-12-27-13-11-25)21(20)28-15-17-18(22)5-3-6-19(17)23/h2-7,24H,8-15H2,1H3. The highest BCUT2D eigenvalue weighted by Crippen LogP contribution is 2.33. The zero-order valence-electron chi connectivity index (χ0n) is 16.0. The molecule has 0 spiro atoms. The summed E-state index contributed by atoms with van der Waals surface area (Å²) in [5, 5.41) is 4.67. The quantitative estimate of drug-likeness (QED) is 0.616. The molecule has 1 N–H and O–H groups in total. The van der Waals surface area contributed by atoms with Crippen molar-refractivity contribution in [2.24, 2.45) is 0 Å². The van der Waals surface area contributed by atoms with Gasteiger partial charge in [0.2, 0.25) is 0 Å². The number of methoxy groups -OCH3 is 1. The first-order valence-electron chi connectivity index (χ1n) is 9.41. The van der Waals surface area contributed by atoms with Crippen LogP contribution in [0.25, 0.3) is 0 Å². The summed E-state index contributed by atoms with van der Waals surface area (Å²) in [6, 6.07) is 11.3. The summed E-state index contributed by atoms with van der Waals surface area (Å²) in [5.41, 5.74) is 1.80. The predicted molar refractivity (Wildman–Crippen MR) is 113 cm³/mol. The fourth-order valence-electron chi connectivity index (χ4n) is 3.12. The maximum atomic E-state index is 6.26. The first kappa shape index (κ1) is 21.2. The van der Waals surface area contributed by atoms with Crippen LogP contribution >= 0.6 is 23.2 Å². The second kappa shape index (κ2) is 10.9. The lowest BCUT2D eigenvalue weighted by molar-refractivity contribution is 0.0384. The van der Waals surface area contributed by atoms with E-state index in [9.17, 15) is 0 Å². The maximum Gasteiger partial charge on any atom is 0.166 e. The van der Waals surface area contributed by atoms with Crippen molar-refractivity contribution >= 4 is 23.2 Å². The average Bonchev–Trinajstić information content (AvgIpc) is 2.72. The van der Waals surface area contributed by atoms with Crippen LogP contribution in [0.15, 0.2) is 36.4 Å². The summed E-state index contributed by atoms with van der Waals surface area (Å²) >= 11 is 12.5. The Bertz CT molecular complexity index is 747. The van der Waals surface area contributed by atoms with Crippen molar-refractivity contribution < 1.29 is 14.2 Å². The molecule has 0 bridgehead atoms. The molecule has 5 nitrogen and oxygen atoms in total. The number of ether oxygens (including phenoxy) is 3. The molecule has 0 unspecified atom stereocenters. The van der Waals surface area contributed by atoms with Gasteiger partial charge in [0.25, 0.3) is 0 Å². The molecule has 1 heterocycles. The molecule has 7 heteroatoms. The van der Waals surface area contributed by atoms with Crippen LogP contribution in [0.4, 0.5) is 0 Å². The Morgan fingerprint density at radius 3 is 2.50 bits per heavy atom. The van der Waals surface area contributed by atoms with Crippen LogP contribution in [0.2, 0.25) is 10.0 Å². The van der Waals surface area contributed by atoms with E-state index in [4.69, 9.17) is 37.4 Å². The molecule has 0 amide bonds. The van der Waals surface area contributed by atoms with Crippen molar-refractivity contribution in [2.75, 3.05) is 46.5 Å². The number of benzene rings is 2. The van der Waals surface area contributed by atoms with Gasteiger partial charge in [0.15, 0.2) is 11.5 Å². The smallest absolute Gasteiger partial charge is 0.166 e. The Hall–Kier alpha value is -1.50. The summed E-state index contributed by atoms with van der Waals surface area (Å²) < 4.78 is 17.0. The van der Waals surface area contributed by atoms with E-state index < -0.39 is 0 Å². The number of nitrogens with zero attached hydrogens (tertiary/aromatic N) is 1. The topological polar surface area (TPSA) is 43.0 Å². The summed E-state index contributed by atoms with van der Waals surface area (Å²) in [4.78, 5) is 2.40. The van der Waals surface area contributed by atoms with Crippen molar-refractivity contribution in [1.29, 1.82) is 0 Å². The number of hydrogen-bond acceptors (Lipinski definition) is 5. The lowest BCUT2D eigenvalue weighted by atomic mass is 10.1. The van der Waals surface area contributed by atoms with E-state index in [0.717, 1.165) is 50.5 Å². The monoisotopic (exact) mass is 424 g/mol. The van der Waals surface area contributed by atoms with Gasteiger partial charge in [-0.3, -0.25) is 4.90 Å². The molecule has 1 aliphatic heterocycles. The number of para-hydroxylation sites is 1. The SMILES string of the molecule is COc1cccc(CNCCN2CCOCC2)c1OCc1c(Cl)cccc1Cl. The highest BCUT2D eigenvalue weighted by atomic mass is 35.5. The van der Waals surface area contributed by atoms with E-state index >= 15 is 0 Å². The van der Waals surface area contributed by atoms with Crippen LogP contribution in [0, 0.1) is 0 Å². The Kier molecular flexibility index (Phi) is 8.25. The minimum absolute atomic E-state index is 0.277. The third-order valence-electron chi connectivity index (χ3n) is 4.73. The zero-order valence-corrected chi connectivity index (χ0v) is 17.6. The van der Waals surface area contributed by atoms with Gasteiger partial charge in [-0.15, -0.1) is 0 Å². The Labute approximate surface area is 176 Å². The fourth-order valence-corrected chi connectivity index (χ4v) is 3.63. The molecule has 0 aliphatic carbocycles. The van der Waals surface area contributed by atoms with Crippen LogP contribution in [0.1, 0.15) is 11.1 Å². The molecule has 2 aromatic carbocycles. The molecule has 0 aromatic heterocycles. The Balaban J connectivity index is 1.61. The normalized spacial score (nSPS) is 14.8. The third-order valence-corrected chi connectivity index (χ3v) is 5.44. The van der Waals surface area contributed by atoms with E-state index in [0.29, 0.717) is 28.1 Å². The van der Waals surface area contributed by atoms with Crippen LogP contribution < -0.4 is 14.8 Å². The maximum absolute atomic E-state index is 6.26. The molecule has 1 saturated heterocycles. The molecular weight excluding hydrogens is 399 g/mol. The molecule has 28 heavy (non-hydrogen) atoms. The van der Waals surface area contributed by atoms with Gasteiger partial charge >= 0.3 is 0 Å². The summed E-state index contributed by atoms with van der Waals surface area (Å²) in [7, 11) is 1.64. The van der Waals surface area contributed by atoms with E-state index in [1.807, 2.05) is 36.4 Å². The van der Waals surface area contributed by atoms with Crippen LogP contribution in [-0.2, 0) is 17.9 Å². The van der Waals surface area contributed by atoms with Crippen molar-refractivity contribution in [3.8, 4) is 11.5 Å². The van der Waals surface area contributed by atoms with Gasteiger partial charge in [0.1, 0.15) is 6.61 Å². The molecule has 152 valence electrons. The van der Waals surface area contributed by atoms with Gasteiger partial charge in [0, 0.05) is 53.9 Å². The summed E-state index contributed by atoms with van der Waals surface area (Å²) in [5.74, 6) is 1.40. The van der Waals surface area contributed by atoms with Gasteiger partial charge in [0.05, 0.1) is 20.3 Å². The minimum atomic E-state index is 0.277. The first-order valence-corrected chi connectivity index (χ1v) is 10.2. The van der Waals surface area contributed by atoms with Gasteiger partial charge in [-0.25, -0.2) is 0 Å². The molecule has 0 saturated carbocycles. The second-order valence-corrected chi connectivity index (χ2v) is 7.38. The first-order chi connectivity index (χ1) is 13.7. The van der Waals surface area contributed by atoms with Gasteiger partial charge in [-0.1, -0.05) is 41.4 Å². The largest absolute Gasteiger partial charge is 0.493 e. The van der Waals surface area contributed by atoms with Crippen molar-refractivity contribution in [3.05, 3.63) is 57.6 Å². The fraction of sp³-hybridized carbons (Fsp3) is 0.429. The minimum Gasteiger partial charge on any atom is -0.493 e. The van der Waals surface area contributed by atoms with Crippen LogP contribution in [0.5, 0.6) is 11.5 Å². The lowest BCUT2D eigenvalue weighted by Gasteiger charge is -2.26. The van der Waals surface area contributed by atoms with Crippen molar-refractivity contribution in [1.82, 2.24) is 10.2 Å². The third kappa shape index (κ3) is 5.75. The molecule has 3 rings (SSSR count). The number of rotatable bonds is 9.